The minimum absolute atomic E-state index is 0.232. The zero-order valence-corrected chi connectivity index (χ0v) is 11.7. The molecular weight excluding hydrogens is 274 g/mol. The van der Waals surface area contributed by atoms with Gasteiger partial charge in [-0.3, -0.25) is 4.79 Å². The van der Waals surface area contributed by atoms with Crippen LogP contribution in [0.4, 0.5) is 0 Å². The Morgan fingerprint density at radius 2 is 2.05 bits per heavy atom. The highest BCUT2D eigenvalue weighted by molar-refractivity contribution is 5.94. The van der Waals surface area contributed by atoms with Crippen molar-refractivity contribution >= 4 is 22.8 Å². The highest BCUT2D eigenvalue weighted by Crippen LogP contribution is 2.13. The number of nitrogens with one attached hydrogen (secondary N) is 1. The smallest absolute Gasteiger partial charge is 0.351 e. The Morgan fingerprint density at radius 1 is 1.33 bits per heavy atom. The molecule has 0 aliphatic rings. The molecule has 110 valence electrons. The van der Waals surface area contributed by atoms with Crippen LogP contribution < -0.4 is 10.9 Å². The molecule has 1 atom stereocenters. The maximum absolute atomic E-state index is 12.0. The molecule has 0 unspecified atom stereocenters. The predicted molar refractivity (Wildman–Crippen MR) is 76.0 cm³/mol. The summed E-state index contributed by atoms with van der Waals surface area (Å²) in [6, 6.07) is 8.22. The number of amides is 1. The largest absolute Gasteiger partial charge is 0.449 e. The number of hydrogen-bond acceptors (Lipinski definition) is 5. The first kappa shape index (κ1) is 14.8. The van der Waals surface area contributed by atoms with Gasteiger partial charge < -0.3 is 14.5 Å². The number of para-hydroxylation sites is 1. The van der Waals surface area contributed by atoms with Gasteiger partial charge in [0.2, 0.25) is 0 Å². The molecule has 0 spiro atoms. The third kappa shape index (κ3) is 3.28. The molecule has 1 aromatic carbocycles. The van der Waals surface area contributed by atoms with Crippen LogP contribution in [0.25, 0.3) is 11.0 Å². The molecule has 6 nitrogen and oxygen atoms in total. The third-order valence-corrected chi connectivity index (χ3v) is 2.87. The molecule has 2 rings (SSSR count). The van der Waals surface area contributed by atoms with Gasteiger partial charge in [0.25, 0.3) is 5.91 Å². The summed E-state index contributed by atoms with van der Waals surface area (Å²) in [6.45, 7) is 3.62. The van der Waals surface area contributed by atoms with Crippen LogP contribution in [0.2, 0.25) is 0 Å². The van der Waals surface area contributed by atoms with Crippen LogP contribution in [0.1, 0.15) is 24.2 Å². The number of likely N-dealkylation sites (N-methyl/N-ethyl adjacent to an activating group) is 1. The minimum atomic E-state index is -0.983. The van der Waals surface area contributed by atoms with Gasteiger partial charge in [0.05, 0.1) is 0 Å². The van der Waals surface area contributed by atoms with Gasteiger partial charge in [0.15, 0.2) is 6.10 Å². The van der Waals surface area contributed by atoms with E-state index in [4.69, 9.17) is 9.15 Å². The fourth-order valence-corrected chi connectivity index (χ4v) is 1.80. The number of carbonyl (C=O) groups excluding carboxylic acids is 2. The molecule has 1 aromatic heterocycles. The van der Waals surface area contributed by atoms with Crippen LogP contribution in [0.3, 0.4) is 0 Å². The zero-order chi connectivity index (χ0) is 15.4. The van der Waals surface area contributed by atoms with E-state index in [1.807, 2.05) is 0 Å². The van der Waals surface area contributed by atoms with E-state index in [2.05, 4.69) is 5.32 Å². The van der Waals surface area contributed by atoms with Gasteiger partial charge in [-0.2, -0.15) is 0 Å². The SMILES string of the molecule is CCNC(=O)[C@@H](C)OC(=O)c1cc2ccccc2oc1=O. The van der Waals surface area contributed by atoms with E-state index < -0.39 is 23.6 Å². The molecule has 0 aliphatic heterocycles. The van der Waals surface area contributed by atoms with E-state index >= 15 is 0 Å². The summed E-state index contributed by atoms with van der Waals surface area (Å²) >= 11 is 0. The fourth-order valence-electron chi connectivity index (χ4n) is 1.80. The van der Waals surface area contributed by atoms with Crippen molar-refractivity contribution < 1.29 is 18.7 Å². The predicted octanol–water partition coefficient (Wildman–Crippen LogP) is 1.47. The summed E-state index contributed by atoms with van der Waals surface area (Å²) < 4.78 is 10.0. The Bertz CT molecular complexity index is 734. The lowest BCUT2D eigenvalue weighted by Gasteiger charge is -2.12. The summed E-state index contributed by atoms with van der Waals surface area (Å²) in [5, 5.41) is 3.13. The fraction of sp³-hybridized carbons (Fsp3) is 0.267. The summed E-state index contributed by atoms with van der Waals surface area (Å²) in [5.74, 6) is -1.30. The number of fused-ring (bicyclic) bond motifs is 1. The van der Waals surface area contributed by atoms with E-state index in [9.17, 15) is 14.4 Å². The molecular formula is C15H15NO5. The molecule has 0 saturated heterocycles. The van der Waals surface area contributed by atoms with Crippen LogP contribution in [0.5, 0.6) is 0 Å². The van der Waals surface area contributed by atoms with Gasteiger partial charge in [0, 0.05) is 11.9 Å². The van der Waals surface area contributed by atoms with E-state index in [0.717, 1.165) is 0 Å². The second-order valence-corrected chi connectivity index (χ2v) is 4.43. The maximum atomic E-state index is 12.0. The number of benzene rings is 1. The molecule has 6 heteroatoms. The van der Waals surface area contributed by atoms with E-state index in [0.29, 0.717) is 17.5 Å². The average Bonchev–Trinajstić information content (AvgIpc) is 2.46. The second kappa shape index (κ2) is 6.21. The highest BCUT2D eigenvalue weighted by atomic mass is 16.5. The average molecular weight is 289 g/mol. The molecule has 1 N–H and O–H groups in total. The Balaban J connectivity index is 2.25. The first-order valence-electron chi connectivity index (χ1n) is 6.54. The van der Waals surface area contributed by atoms with Crippen LogP contribution in [-0.4, -0.2) is 24.5 Å². The first-order valence-corrected chi connectivity index (χ1v) is 6.54. The van der Waals surface area contributed by atoms with Gasteiger partial charge in [0.1, 0.15) is 11.1 Å². The topological polar surface area (TPSA) is 85.6 Å². The van der Waals surface area contributed by atoms with Crippen LogP contribution in [-0.2, 0) is 9.53 Å². The second-order valence-electron chi connectivity index (χ2n) is 4.43. The molecule has 21 heavy (non-hydrogen) atoms. The normalized spacial score (nSPS) is 11.9. The lowest BCUT2D eigenvalue weighted by molar-refractivity contribution is -0.128. The van der Waals surface area contributed by atoms with Crippen molar-refractivity contribution in [2.24, 2.45) is 0 Å². The van der Waals surface area contributed by atoms with Crippen molar-refractivity contribution in [3.05, 3.63) is 46.3 Å². The summed E-state index contributed by atoms with van der Waals surface area (Å²) in [4.78, 5) is 35.3. The van der Waals surface area contributed by atoms with Gasteiger partial charge in [-0.05, 0) is 26.0 Å². The number of hydrogen-bond donors (Lipinski definition) is 1. The number of ether oxygens (including phenoxy) is 1. The monoisotopic (exact) mass is 289 g/mol. The van der Waals surface area contributed by atoms with Gasteiger partial charge in [-0.25, -0.2) is 9.59 Å². The van der Waals surface area contributed by atoms with Crippen molar-refractivity contribution in [2.45, 2.75) is 20.0 Å². The lowest BCUT2D eigenvalue weighted by Crippen LogP contribution is -2.36. The van der Waals surface area contributed by atoms with Crippen molar-refractivity contribution in [2.75, 3.05) is 6.54 Å². The third-order valence-electron chi connectivity index (χ3n) is 2.87. The summed E-state index contributed by atoms with van der Waals surface area (Å²) in [5.41, 5.74) is -0.637. The van der Waals surface area contributed by atoms with Gasteiger partial charge >= 0.3 is 11.6 Å². The molecule has 1 amide bonds. The van der Waals surface area contributed by atoms with Crippen LogP contribution in [0.15, 0.2) is 39.5 Å². The highest BCUT2D eigenvalue weighted by Gasteiger charge is 2.21. The first-order chi connectivity index (χ1) is 10.0. The van der Waals surface area contributed by atoms with E-state index in [-0.39, 0.29) is 5.56 Å². The molecule has 2 aromatic rings. The number of esters is 1. The molecule has 0 bridgehead atoms. The Morgan fingerprint density at radius 3 is 2.76 bits per heavy atom. The summed E-state index contributed by atoms with van der Waals surface area (Å²) in [7, 11) is 0. The Kier molecular flexibility index (Phi) is 4.37. The van der Waals surface area contributed by atoms with Gasteiger partial charge in [-0.1, -0.05) is 18.2 Å². The molecule has 0 fully saturated rings. The number of carbonyl (C=O) groups is 2. The zero-order valence-electron chi connectivity index (χ0n) is 11.7. The van der Waals surface area contributed by atoms with Crippen molar-refractivity contribution in [1.82, 2.24) is 5.32 Å². The standard InChI is InChI=1S/C15H15NO5/c1-3-16-13(17)9(2)20-14(18)11-8-10-6-4-5-7-12(10)21-15(11)19/h4-9H,3H2,1-2H3,(H,16,17)/t9-/m1/s1. The van der Waals surface area contributed by atoms with Crippen LogP contribution >= 0.6 is 0 Å². The maximum Gasteiger partial charge on any atom is 0.351 e. The molecule has 0 radical (unpaired) electrons. The molecule has 0 aliphatic carbocycles. The lowest BCUT2D eigenvalue weighted by atomic mass is 10.2. The van der Waals surface area contributed by atoms with Gasteiger partial charge in [-0.15, -0.1) is 0 Å². The van der Waals surface area contributed by atoms with E-state index in [1.165, 1.54) is 13.0 Å². The summed E-state index contributed by atoms with van der Waals surface area (Å²) in [6.07, 6.45) is -0.983. The molecule has 1 heterocycles. The van der Waals surface area contributed by atoms with Crippen LogP contribution in [0, 0.1) is 0 Å². The Hall–Kier alpha value is -2.63. The van der Waals surface area contributed by atoms with Crippen molar-refractivity contribution in [3.63, 3.8) is 0 Å². The quantitative estimate of drug-likeness (QED) is 0.680. The minimum Gasteiger partial charge on any atom is -0.449 e. The van der Waals surface area contributed by atoms with Crippen molar-refractivity contribution in [1.29, 1.82) is 0 Å². The Labute approximate surface area is 120 Å². The van der Waals surface area contributed by atoms with E-state index in [1.54, 1.807) is 31.2 Å². The van der Waals surface area contributed by atoms with Crippen molar-refractivity contribution in [3.8, 4) is 0 Å². The number of rotatable bonds is 4. The molecule has 0 saturated carbocycles.